The van der Waals surface area contributed by atoms with E-state index in [1.807, 2.05) is 78.6 Å². The van der Waals surface area contributed by atoms with Crippen LogP contribution in [0.15, 0.2) is 60.9 Å². The van der Waals surface area contributed by atoms with Gasteiger partial charge in [0.25, 0.3) is 5.91 Å². The maximum absolute atomic E-state index is 13.6. The Hall–Kier alpha value is -3.78. The van der Waals surface area contributed by atoms with Gasteiger partial charge in [-0.15, -0.1) is 0 Å². The average molecular weight is 456 g/mol. The quantitative estimate of drug-likeness (QED) is 0.495. The van der Waals surface area contributed by atoms with Gasteiger partial charge in [-0.1, -0.05) is 30.3 Å². The van der Waals surface area contributed by atoms with Gasteiger partial charge in [0.1, 0.15) is 5.82 Å². The number of carbonyl (C=O) groups excluding carboxylic acids is 1. The third-order valence-electron chi connectivity index (χ3n) is 6.39. The Morgan fingerprint density at radius 2 is 1.91 bits per heavy atom. The van der Waals surface area contributed by atoms with Crippen LogP contribution in [-0.4, -0.2) is 63.6 Å². The van der Waals surface area contributed by atoms with Gasteiger partial charge < -0.3 is 15.5 Å². The maximum Gasteiger partial charge on any atom is 0.254 e. The van der Waals surface area contributed by atoms with Crippen LogP contribution >= 0.6 is 0 Å². The zero-order valence-corrected chi connectivity index (χ0v) is 19.6. The summed E-state index contributed by atoms with van der Waals surface area (Å²) in [6.07, 6.45) is 6.71. The number of pyridine rings is 1. The van der Waals surface area contributed by atoms with E-state index in [0.717, 1.165) is 42.6 Å². The molecule has 1 amide bonds. The van der Waals surface area contributed by atoms with Crippen LogP contribution in [0, 0.1) is 0 Å². The molecule has 8 heteroatoms. The normalized spacial score (nSPS) is 16.1. The van der Waals surface area contributed by atoms with Crippen molar-refractivity contribution in [1.82, 2.24) is 24.5 Å². The number of likely N-dealkylation sites (tertiary alicyclic amines) is 1. The number of nitrogens with two attached hydrogens (primary N) is 1. The Balaban J connectivity index is 1.60. The lowest BCUT2D eigenvalue weighted by atomic mass is 10.0. The molecule has 1 fully saturated rings. The number of fused-ring (bicyclic) bond motifs is 1. The molecule has 5 rings (SSSR count). The minimum atomic E-state index is -0.00342. The lowest BCUT2D eigenvalue weighted by Gasteiger charge is -2.35. The van der Waals surface area contributed by atoms with Crippen LogP contribution in [0.2, 0.25) is 0 Å². The standard InChI is InChI=1S/C26H29N7O/c1-31(2)24-15-19(26(34)32-12-7-6-10-20(32)16-27)14-23(29-24)21-17-28-33-13-11-22(30-25(21)33)18-8-4-3-5-9-18/h3-5,8-9,11,13-15,17,20H,6-7,10,12,16,27H2,1-2H3/t20-/m0/s1. The van der Waals surface area contributed by atoms with Gasteiger partial charge in [-0.3, -0.25) is 4.79 Å². The number of hydrogen-bond acceptors (Lipinski definition) is 6. The molecule has 1 aliphatic heterocycles. The number of nitrogens with zero attached hydrogens (tertiary/aromatic N) is 6. The largest absolute Gasteiger partial charge is 0.363 e. The van der Waals surface area contributed by atoms with Crippen molar-refractivity contribution in [3.05, 3.63) is 66.5 Å². The van der Waals surface area contributed by atoms with Crippen LogP contribution in [0.1, 0.15) is 29.6 Å². The second kappa shape index (κ2) is 9.23. The zero-order chi connectivity index (χ0) is 23.7. The summed E-state index contributed by atoms with van der Waals surface area (Å²) >= 11 is 0. The fourth-order valence-electron chi connectivity index (χ4n) is 4.50. The highest BCUT2D eigenvalue weighted by Gasteiger charge is 2.27. The molecule has 8 nitrogen and oxygen atoms in total. The highest BCUT2D eigenvalue weighted by molar-refractivity contribution is 5.97. The summed E-state index contributed by atoms with van der Waals surface area (Å²) in [6, 6.07) is 15.8. The minimum Gasteiger partial charge on any atom is -0.363 e. The van der Waals surface area contributed by atoms with Crippen molar-refractivity contribution in [2.75, 3.05) is 32.1 Å². The van der Waals surface area contributed by atoms with Crippen molar-refractivity contribution in [3.8, 4) is 22.5 Å². The third-order valence-corrected chi connectivity index (χ3v) is 6.39. The number of rotatable bonds is 5. The Bertz CT molecular complexity index is 1320. The Kier molecular flexibility index (Phi) is 5.98. The Labute approximate surface area is 199 Å². The summed E-state index contributed by atoms with van der Waals surface area (Å²) in [7, 11) is 3.84. The number of benzene rings is 1. The molecule has 2 N–H and O–H groups in total. The number of aromatic nitrogens is 4. The van der Waals surface area contributed by atoms with Gasteiger partial charge in [-0.05, 0) is 37.5 Å². The first-order valence-electron chi connectivity index (χ1n) is 11.7. The van der Waals surface area contributed by atoms with Crippen LogP contribution in [0.5, 0.6) is 0 Å². The molecule has 4 heterocycles. The molecular weight excluding hydrogens is 426 g/mol. The fourth-order valence-corrected chi connectivity index (χ4v) is 4.50. The number of piperidine rings is 1. The van der Waals surface area contributed by atoms with E-state index < -0.39 is 0 Å². The summed E-state index contributed by atoms with van der Waals surface area (Å²) in [5.41, 5.74) is 10.6. The molecular formula is C26H29N7O. The molecule has 4 aromatic rings. The second-order valence-corrected chi connectivity index (χ2v) is 8.88. The lowest BCUT2D eigenvalue weighted by Crippen LogP contribution is -2.47. The smallest absolute Gasteiger partial charge is 0.254 e. The predicted octanol–water partition coefficient (Wildman–Crippen LogP) is 3.48. The molecule has 34 heavy (non-hydrogen) atoms. The summed E-state index contributed by atoms with van der Waals surface area (Å²) in [6.45, 7) is 1.21. The van der Waals surface area contributed by atoms with E-state index in [2.05, 4.69) is 5.10 Å². The molecule has 0 unspecified atom stereocenters. The van der Waals surface area contributed by atoms with Gasteiger partial charge in [-0.2, -0.15) is 5.10 Å². The van der Waals surface area contributed by atoms with E-state index in [4.69, 9.17) is 15.7 Å². The van der Waals surface area contributed by atoms with E-state index in [9.17, 15) is 4.79 Å². The first-order valence-corrected chi connectivity index (χ1v) is 11.7. The molecule has 0 spiro atoms. The van der Waals surface area contributed by atoms with Crippen molar-refractivity contribution in [3.63, 3.8) is 0 Å². The topological polar surface area (TPSA) is 92.7 Å². The van der Waals surface area contributed by atoms with Crippen molar-refractivity contribution < 1.29 is 4.79 Å². The first kappa shape index (κ1) is 22.0. The molecule has 1 aromatic carbocycles. The molecule has 0 aliphatic carbocycles. The Morgan fingerprint density at radius 1 is 1.09 bits per heavy atom. The van der Waals surface area contributed by atoms with Crippen LogP contribution < -0.4 is 10.6 Å². The number of hydrogen-bond donors (Lipinski definition) is 1. The maximum atomic E-state index is 13.6. The van der Waals surface area contributed by atoms with Crippen molar-refractivity contribution >= 4 is 17.4 Å². The van der Waals surface area contributed by atoms with Gasteiger partial charge in [0.15, 0.2) is 5.65 Å². The molecule has 174 valence electrons. The van der Waals surface area contributed by atoms with Crippen molar-refractivity contribution in [1.29, 1.82) is 0 Å². The molecule has 0 saturated carbocycles. The third kappa shape index (κ3) is 4.12. The highest BCUT2D eigenvalue weighted by atomic mass is 16.2. The summed E-state index contributed by atoms with van der Waals surface area (Å²) in [5.74, 6) is 0.706. The van der Waals surface area contributed by atoms with Crippen LogP contribution in [-0.2, 0) is 0 Å². The van der Waals surface area contributed by atoms with Crippen LogP contribution in [0.3, 0.4) is 0 Å². The molecule has 1 saturated heterocycles. The number of anilines is 1. The summed E-state index contributed by atoms with van der Waals surface area (Å²) in [4.78, 5) is 27.1. The van der Waals surface area contributed by atoms with Gasteiger partial charge in [0.2, 0.25) is 0 Å². The van der Waals surface area contributed by atoms with Crippen LogP contribution in [0.4, 0.5) is 5.82 Å². The number of amides is 1. The zero-order valence-electron chi connectivity index (χ0n) is 19.6. The van der Waals surface area contributed by atoms with Gasteiger partial charge in [-0.25, -0.2) is 14.5 Å². The minimum absolute atomic E-state index is 0.00342. The van der Waals surface area contributed by atoms with E-state index in [-0.39, 0.29) is 11.9 Å². The predicted molar refractivity (Wildman–Crippen MR) is 134 cm³/mol. The fraction of sp³-hybridized carbons (Fsp3) is 0.308. The van der Waals surface area contributed by atoms with E-state index in [1.165, 1.54) is 0 Å². The van der Waals surface area contributed by atoms with Crippen molar-refractivity contribution in [2.24, 2.45) is 5.73 Å². The highest BCUT2D eigenvalue weighted by Crippen LogP contribution is 2.28. The summed E-state index contributed by atoms with van der Waals surface area (Å²) in [5, 5.41) is 4.48. The van der Waals surface area contributed by atoms with E-state index in [1.54, 1.807) is 10.7 Å². The van der Waals surface area contributed by atoms with E-state index in [0.29, 0.717) is 29.3 Å². The lowest BCUT2D eigenvalue weighted by molar-refractivity contribution is 0.0623. The van der Waals surface area contributed by atoms with Gasteiger partial charge in [0, 0.05) is 50.6 Å². The molecule has 1 aliphatic rings. The SMILES string of the molecule is CN(C)c1cc(C(=O)N2CCCC[C@H]2CN)cc(-c2cnn3ccc(-c4ccccc4)nc23)n1. The molecule has 0 bridgehead atoms. The monoisotopic (exact) mass is 455 g/mol. The molecule has 0 radical (unpaired) electrons. The second-order valence-electron chi connectivity index (χ2n) is 8.88. The molecule has 1 atom stereocenters. The average Bonchev–Trinajstić information content (AvgIpc) is 3.32. The molecule has 3 aromatic heterocycles. The van der Waals surface area contributed by atoms with E-state index >= 15 is 0 Å². The Morgan fingerprint density at radius 3 is 2.68 bits per heavy atom. The number of carbonyl (C=O) groups is 1. The van der Waals surface area contributed by atoms with Crippen LogP contribution in [0.25, 0.3) is 28.2 Å². The van der Waals surface area contributed by atoms with Crippen molar-refractivity contribution in [2.45, 2.75) is 25.3 Å². The van der Waals surface area contributed by atoms with Gasteiger partial charge in [0.05, 0.1) is 23.1 Å². The first-order chi connectivity index (χ1) is 16.5. The van der Waals surface area contributed by atoms with Gasteiger partial charge >= 0.3 is 0 Å². The summed E-state index contributed by atoms with van der Waals surface area (Å²) < 4.78 is 1.74.